The van der Waals surface area contributed by atoms with Crippen molar-refractivity contribution >= 4 is 91.3 Å². The number of halogens is 4. The Hall–Kier alpha value is -9.92. The maximum atomic E-state index is 14.4. The first-order valence-corrected chi connectivity index (χ1v) is 29.8. The molecule has 4 fully saturated rings. The van der Waals surface area contributed by atoms with E-state index in [4.69, 9.17) is 20.4 Å². The highest BCUT2D eigenvalue weighted by Crippen LogP contribution is 2.26. The zero-order valence-corrected chi connectivity index (χ0v) is 50.7. The largest absolute Gasteiger partial charge is 0.477 e. The molecule has 12 heterocycles. The number of aryl methyl sites for hydroxylation is 4. The van der Waals surface area contributed by atoms with E-state index in [9.17, 15) is 55.9 Å². The van der Waals surface area contributed by atoms with Gasteiger partial charge in [-0.05, 0) is 52.0 Å². The highest BCUT2D eigenvalue weighted by molar-refractivity contribution is 5.95. The van der Waals surface area contributed by atoms with Crippen molar-refractivity contribution in [1.29, 1.82) is 0 Å². The van der Waals surface area contributed by atoms with Crippen molar-refractivity contribution in [3.8, 4) is 0 Å². The molecule has 4 saturated heterocycles. The van der Waals surface area contributed by atoms with Crippen molar-refractivity contribution in [2.24, 2.45) is 0 Å². The topological polar surface area (TPSA) is 350 Å². The van der Waals surface area contributed by atoms with E-state index in [1.165, 1.54) is 24.8 Å². The quantitative estimate of drug-likeness (QED) is 0.0815. The summed E-state index contributed by atoms with van der Waals surface area (Å²) in [4.78, 5) is 118. The SMILES string of the molecule is CCn1cc(C(=O)O)c(=O)c2cc(F)c(N3CCNCC3)nc21.CCn1cc(C(=O)O)c(=O)c2cc(F)c(N3CCNCC3)nc21.CCn1cc(C(=O)O)c(=O)c2cc(F)c(N3CCNCC3)nc21.CCn1cc(C(=O)O)c(=O)c2cc(F)c(N3CCNCC3)nc21. The molecule has 0 bridgehead atoms. The molecule has 488 valence electrons. The fourth-order valence-electron chi connectivity index (χ4n) is 11.1. The number of carboxylic acid groups (broad SMARTS) is 4. The molecule has 0 atom stereocenters. The molecule has 0 saturated carbocycles. The molecule has 0 aromatic carbocycles. The Morgan fingerprint density at radius 3 is 0.685 bits per heavy atom. The summed E-state index contributed by atoms with van der Waals surface area (Å²) in [7, 11) is 0. The maximum absolute atomic E-state index is 14.4. The van der Waals surface area contributed by atoms with Gasteiger partial charge in [-0.2, -0.15) is 0 Å². The van der Waals surface area contributed by atoms with E-state index in [-0.39, 0.29) is 67.1 Å². The third-order valence-electron chi connectivity index (χ3n) is 15.9. The normalized spacial score (nSPS) is 15.1. The lowest BCUT2D eigenvalue weighted by Crippen LogP contribution is -2.44. The Balaban J connectivity index is 0.000000145. The molecule has 4 aliphatic heterocycles. The maximum Gasteiger partial charge on any atom is 0.341 e. The number of piperazine rings is 4. The summed E-state index contributed by atoms with van der Waals surface area (Å²) in [5.74, 6) is -6.96. The molecule has 0 radical (unpaired) electrons. The molecule has 8 N–H and O–H groups in total. The third kappa shape index (κ3) is 13.9. The molecule has 8 aromatic heterocycles. The summed E-state index contributed by atoms with van der Waals surface area (Å²) < 4.78 is 64.0. The van der Waals surface area contributed by atoms with E-state index >= 15 is 0 Å². The van der Waals surface area contributed by atoms with Gasteiger partial charge in [-0.25, -0.2) is 56.7 Å². The van der Waals surface area contributed by atoms with Gasteiger partial charge in [0.2, 0.25) is 21.7 Å². The van der Waals surface area contributed by atoms with Crippen molar-refractivity contribution in [2.75, 3.05) is 124 Å². The van der Waals surface area contributed by atoms with Gasteiger partial charge in [-0.15, -0.1) is 0 Å². The van der Waals surface area contributed by atoms with Gasteiger partial charge in [0.05, 0.1) is 21.5 Å². The molecule has 0 aliphatic carbocycles. The minimum Gasteiger partial charge on any atom is -0.477 e. The molecule has 0 unspecified atom stereocenters. The monoisotopic (exact) mass is 1280 g/mol. The van der Waals surface area contributed by atoms with Crippen LogP contribution >= 0.6 is 0 Å². The number of fused-ring (bicyclic) bond motifs is 4. The van der Waals surface area contributed by atoms with Crippen molar-refractivity contribution in [3.05, 3.63) is 135 Å². The predicted octanol–water partition coefficient (Wildman–Crippen LogP) is 2.65. The van der Waals surface area contributed by atoms with Crippen LogP contribution in [0.2, 0.25) is 0 Å². The highest BCUT2D eigenvalue weighted by atomic mass is 19.1. The van der Waals surface area contributed by atoms with Gasteiger partial charge >= 0.3 is 23.9 Å². The van der Waals surface area contributed by atoms with E-state index in [0.717, 1.165) is 76.6 Å². The van der Waals surface area contributed by atoms with Gasteiger partial charge in [0.1, 0.15) is 44.8 Å². The summed E-state index contributed by atoms with van der Waals surface area (Å²) in [5.41, 5.74) is -3.15. The summed E-state index contributed by atoms with van der Waals surface area (Å²) in [6.07, 6.45) is 5.05. The van der Waals surface area contributed by atoms with Gasteiger partial charge in [0.25, 0.3) is 0 Å². The van der Waals surface area contributed by atoms with Crippen LogP contribution in [0, 0.1) is 23.3 Å². The van der Waals surface area contributed by atoms with Gasteiger partial charge in [-0.3, -0.25) is 19.2 Å². The van der Waals surface area contributed by atoms with Gasteiger partial charge in [0.15, 0.2) is 46.5 Å². The summed E-state index contributed by atoms with van der Waals surface area (Å²) in [5, 5.41) is 49.2. The Morgan fingerprint density at radius 2 is 0.533 bits per heavy atom. The fourth-order valence-corrected chi connectivity index (χ4v) is 11.1. The molecule has 32 heteroatoms. The zero-order chi connectivity index (χ0) is 66.2. The Bertz CT molecular complexity index is 3870. The minimum atomic E-state index is -1.33. The predicted molar refractivity (Wildman–Crippen MR) is 335 cm³/mol. The number of pyridine rings is 8. The number of aromatic nitrogens is 8. The number of aromatic carboxylic acids is 4. The zero-order valence-electron chi connectivity index (χ0n) is 50.7. The van der Waals surface area contributed by atoms with Gasteiger partial charge < -0.3 is 79.6 Å². The highest BCUT2D eigenvalue weighted by Gasteiger charge is 2.27. The summed E-state index contributed by atoms with van der Waals surface area (Å²) in [6, 6.07) is 4.39. The number of hydrogen-bond donors (Lipinski definition) is 8. The first-order valence-electron chi connectivity index (χ1n) is 29.8. The molecule has 0 amide bonds. The lowest BCUT2D eigenvalue weighted by Gasteiger charge is -2.29. The smallest absolute Gasteiger partial charge is 0.341 e. The lowest BCUT2D eigenvalue weighted by atomic mass is 10.2. The van der Waals surface area contributed by atoms with E-state index in [1.807, 2.05) is 47.3 Å². The second kappa shape index (κ2) is 28.9. The first kappa shape index (κ1) is 66.5. The summed E-state index contributed by atoms with van der Waals surface area (Å²) in [6.45, 7) is 19.8. The van der Waals surface area contributed by atoms with Crippen molar-refractivity contribution in [2.45, 2.75) is 53.9 Å². The van der Waals surface area contributed by atoms with Gasteiger partial charge in [-0.1, -0.05) is 0 Å². The van der Waals surface area contributed by atoms with Crippen molar-refractivity contribution < 1.29 is 57.2 Å². The fraction of sp³-hybridized carbons (Fsp3) is 0.400. The summed E-state index contributed by atoms with van der Waals surface area (Å²) >= 11 is 0. The van der Waals surface area contributed by atoms with Crippen LogP contribution in [0.1, 0.15) is 69.1 Å². The molecular formula is C60H68F4N16O12. The molecule has 28 nitrogen and oxygen atoms in total. The van der Waals surface area contributed by atoms with Crippen LogP contribution in [0.5, 0.6) is 0 Å². The average Bonchev–Trinajstić information content (AvgIpc) is 0.801. The number of nitrogens with zero attached hydrogens (tertiary/aromatic N) is 12. The van der Waals surface area contributed by atoms with Crippen LogP contribution in [-0.2, 0) is 26.2 Å². The number of anilines is 4. The van der Waals surface area contributed by atoms with Crippen LogP contribution < -0.4 is 62.6 Å². The minimum absolute atomic E-state index is 0.0110. The molecule has 0 spiro atoms. The van der Waals surface area contributed by atoms with E-state index < -0.39 is 68.9 Å². The van der Waals surface area contributed by atoms with Crippen LogP contribution in [0.4, 0.5) is 40.8 Å². The first-order chi connectivity index (χ1) is 44.1. The van der Waals surface area contributed by atoms with E-state index in [1.54, 1.807) is 18.3 Å². The van der Waals surface area contributed by atoms with Crippen molar-refractivity contribution in [3.63, 3.8) is 0 Å². The second-order valence-electron chi connectivity index (χ2n) is 21.5. The second-order valence-corrected chi connectivity index (χ2v) is 21.5. The number of hydrogen-bond acceptors (Lipinski definition) is 20. The Labute approximate surface area is 520 Å². The Morgan fingerprint density at radius 1 is 0.359 bits per heavy atom. The number of rotatable bonds is 12. The number of carbonyl (C=O) groups is 4. The average molecular weight is 1280 g/mol. The third-order valence-corrected chi connectivity index (χ3v) is 15.9. The van der Waals surface area contributed by atoms with Crippen LogP contribution in [0.3, 0.4) is 0 Å². The Kier molecular flexibility index (Phi) is 20.9. The number of nitrogens with one attached hydrogen (secondary N) is 4. The van der Waals surface area contributed by atoms with Gasteiger partial charge in [0, 0.05) is 156 Å². The molecule has 92 heavy (non-hydrogen) atoms. The molecule has 12 rings (SSSR count). The number of carboxylic acids is 4. The molecule has 4 aliphatic rings. The standard InChI is InChI=1S/4C15H17FN4O3/c4*1-2-19-8-10(15(22)23)12(21)9-7-11(16)14(18-13(9)19)20-5-3-17-4-6-20/h4*7-8,17H,2-6H2,1H3,(H,22,23). The van der Waals surface area contributed by atoms with Crippen LogP contribution in [-0.4, -0.2) is 187 Å². The molecule has 8 aromatic rings. The van der Waals surface area contributed by atoms with Crippen LogP contribution in [0.25, 0.3) is 44.1 Å². The molecular weight excluding hydrogens is 1210 g/mol. The van der Waals surface area contributed by atoms with E-state index in [2.05, 4.69) is 41.2 Å². The van der Waals surface area contributed by atoms with E-state index in [0.29, 0.717) is 101 Å². The van der Waals surface area contributed by atoms with Crippen LogP contribution in [0.15, 0.2) is 68.2 Å². The lowest BCUT2D eigenvalue weighted by molar-refractivity contribution is 0.0684. The van der Waals surface area contributed by atoms with Crippen molar-refractivity contribution in [1.82, 2.24) is 59.5 Å².